The summed E-state index contributed by atoms with van der Waals surface area (Å²) in [5.74, 6) is -0.636. The number of benzene rings is 2. The van der Waals surface area contributed by atoms with E-state index in [4.69, 9.17) is 5.11 Å². The number of carboxylic acid groups (broad SMARTS) is 1. The third-order valence-electron chi connectivity index (χ3n) is 3.15. The lowest BCUT2D eigenvalue weighted by Crippen LogP contribution is -2.04. The molecular formula is C16H11N5O2. The van der Waals surface area contributed by atoms with Crippen LogP contribution < -0.4 is 5.43 Å². The number of hydrazone groups is 1. The van der Waals surface area contributed by atoms with E-state index >= 15 is 0 Å². The number of aromatic amines is 1. The Morgan fingerprint density at radius 1 is 1.22 bits per heavy atom. The quantitative estimate of drug-likeness (QED) is 0.506. The van der Waals surface area contributed by atoms with Gasteiger partial charge in [0.1, 0.15) is 6.07 Å². The number of hydrogen-bond donors (Lipinski definition) is 3. The van der Waals surface area contributed by atoms with Crippen LogP contribution in [0.3, 0.4) is 0 Å². The molecule has 3 rings (SSSR count). The van der Waals surface area contributed by atoms with E-state index in [1.165, 1.54) is 12.1 Å². The predicted molar refractivity (Wildman–Crippen MR) is 85.3 cm³/mol. The monoisotopic (exact) mass is 305 g/mol. The molecule has 0 radical (unpaired) electrons. The number of imidazole rings is 1. The number of aromatic carboxylic acids is 1. The highest BCUT2D eigenvalue weighted by Gasteiger charge is 2.09. The molecule has 0 saturated carbocycles. The zero-order valence-electron chi connectivity index (χ0n) is 11.8. The molecule has 112 valence electrons. The van der Waals surface area contributed by atoms with Gasteiger partial charge in [-0.3, -0.25) is 5.43 Å². The van der Waals surface area contributed by atoms with E-state index in [0.717, 1.165) is 11.0 Å². The summed E-state index contributed by atoms with van der Waals surface area (Å²) in [5.41, 5.74) is 5.13. The molecule has 3 aromatic rings. The van der Waals surface area contributed by atoms with Crippen molar-refractivity contribution in [1.29, 1.82) is 5.26 Å². The topological polar surface area (TPSA) is 114 Å². The lowest BCUT2D eigenvalue weighted by atomic mass is 10.2. The van der Waals surface area contributed by atoms with Gasteiger partial charge in [0.2, 0.25) is 5.71 Å². The van der Waals surface area contributed by atoms with Crippen molar-refractivity contribution in [3.63, 3.8) is 0 Å². The first-order valence-corrected chi connectivity index (χ1v) is 6.69. The molecule has 0 amide bonds. The number of H-pyrrole nitrogens is 1. The van der Waals surface area contributed by atoms with E-state index in [2.05, 4.69) is 20.5 Å². The Morgan fingerprint density at radius 2 is 1.96 bits per heavy atom. The first kappa shape index (κ1) is 14.3. The van der Waals surface area contributed by atoms with Crippen LogP contribution in [0.15, 0.2) is 53.6 Å². The molecule has 7 heteroatoms. The minimum absolute atomic E-state index is 0.100. The summed E-state index contributed by atoms with van der Waals surface area (Å²) < 4.78 is 0. The van der Waals surface area contributed by atoms with Crippen LogP contribution in [0.25, 0.3) is 11.0 Å². The lowest BCUT2D eigenvalue weighted by Gasteiger charge is -2.01. The SMILES string of the molecule is N#C/C(=N/Nc1ccc(C(=O)O)cc1)c1nc2ccccc2[nH]1. The van der Waals surface area contributed by atoms with Crippen LogP contribution in [-0.2, 0) is 0 Å². The Morgan fingerprint density at radius 3 is 2.61 bits per heavy atom. The second-order valence-corrected chi connectivity index (χ2v) is 4.67. The Balaban J connectivity index is 1.84. The average Bonchev–Trinajstić information content (AvgIpc) is 2.99. The lowest BCUT2D eigenvalue weighted by molar-refractivity contribution is 0.0697. The highest BCUT2D eigenvalue weighted by molar-refractivity contribution is 6.10. The van der Waals surface area contributed by atoms with Gasteiger partial charge in [-0.2, -0.15) is 10.4 Å². The highest BCUT2D eigenvalue weighted by Crippen LogP contribution is 2.12. The Hall–Kier alpha value is -3.66. The minimum Gasteiger partial charge on any atom is -0.478 e. The number of hydrogen-bond acceptors (Lipinski definition) is 5. The molecule has 1 heterocycles. The zero-order valence-corrected chi connectivity index (χ0v) is 11.8. The third kappa shape index (κ3) is 3.01. The summed E-state index contributed by atoms with van der Waals surface area (Å²) >= 11 is 0. The Bertz CT molecular complexity index is 902. The van der Waals surface area contributed by atoms with Gasteiger partial charge in [0.15, 0.2) is 5.82 Å². The van der Waals surface area contributed by atoms with Crippen molar-refractivity contribution in [2.75, 3.05) is 5.43 Å². The smallest absolute Gasteiger partial charge is 0.335 e. The second-order valence-electron chi connectivity index (χ2n) is 4.67. The van der Waals surface area contributed by atoms with Crippen LogP contribution in [0.1, 0.15) is 16.2 Å². The summed E-state index contributed by atoms with van der Waals surface area (Å²) in [6, 6.07) is 15.4. The third-order valence-corrected chi connectivity index (χ3v) is 3.15. The predicted octanol–water partition coefficient (Wildman–Crippen LogP) is 2.60. The molecular weight excluding hydrogens is 294 g/mol. The molecule has 0 aliphatic carbocycles. The molecule has 0 aliphatic heterocycles. The van der Waals surface area contributed by atoms with Gasteiger partial charge < -0.3 is 10.1 Å². The molecule has 0 bridgehead atoms. The molecule has 2 aromatic carbocycles. The molecule has 0 atom stereocenters. The molecule has 23 heavy (non-hydrogen) atoms. The van der Waals surface area contributed by atoms with Crippen molar-refractivity contribution < 1.29 is 9.90 Å². The summed E-state index contributed by atoms with van der Waals surface area (Å²) in [7, 11) is 0. The Labute approximate surface area is 130 Å². The molecule has 0 aliphatic rings. The van der Waals surface area contributed by atoms with Crippen molar-refractivity contribution in [3.05, 3.63) is 59.9 Å². The Kier molecular flexibility index (Phi) is 3.72. The first-order valence-electron chi connectivity index (χ1n) is 6.69. The number of fused-ring (bicyclic) bond motifs is 1. The van der Waals surface area contributed by atoms with E-state index in [1.54, 1.807) is 12.1 Å². The number of carbonyl (C=O) groups is 1. The normalized spacial score (nSPS) is 11.2. The summed E-state index contributed by atoms with van der Waals surface area (Å²) in [6.07, 6.45) is 0. The first-order chi connectivity index (χ1) is 11.2. The number of para-hydroxylation sites is 2. The molecule has 0 saturated heterocycles. The maximum atomic E-state index is 10.8. The van der Waals surface area contributed by atoms with E-state index in [-0.39, 0.29) is 11.3 Å². The zero-order chi connectivity index (χ0) is 16.2. The fraction of sp³-hybridized carbons (Fsp3) is 0. The number of nitrogens with one attached hydrogen (secondary N) is 2. The molecule has 1 aromatic heterocycles. The van der Waals surface area contributed by atoms with Gasteiger partial charge in [0, 0.05) is 0 Å². The van der Waals surface area contributed by atoms with Crippen LogP contribution in [0.2, 0.25) is 0 Å². The molecule has 3 N–H and O–H groups in total. The van der Waals surface area contributed by atoms with E-state index in [0.29, 0.717) is 11.5 Å². The van der Waals surface area contributed by atoms with Crippen molar-refractivity contribution in [1.82, 2.24) is 9.97 Å². The van der Waals surface area contributed by atoms with Gasteiger partial charge in [-0.15, -0.1) is 0 Å². The van der Waals surface area contributed by atoms with Crippen molar-refractivity contribution in [2.45, 2.75) is 0 Å². The van der Waals surface area contributed by atoms with E-state index in [9.17, 15) is 10.1 Å². The van der Waals surface area contributed by atoms with Crippen molar-refractivity contribution in [3.8, 4) is 6.07 Å². The number of carboxylic acids is 1. The second kappa shape index (κ2) is 5.99. The average molecular weight is 305 g/mol. The van der Waals surface area contributed by atoms with Gasteiger partial charge >= 0.3 is 5.97 Å². The van der Waals surface area contributed by atoms with E-state index < -0.39 is 5.97 Å². The van der Waals surface area contributed by atoms with Crippen LogP contribution in [0.4, 0.5) is 5.69 Å². The number of anilines is 1. The van der Waals surface area contributed by atoms with Crippen LogP contribution in [-0.4, -0.2) is 26.8 Å². The van der Waals surface area contributed by atoms with Gasteiger partial charge in [0.25, 0.3) is 0 Å². The number of rotatable bonds is 4. The van der Waals surface area contributed by atoms with Gasteiger partial charge in [-0.25, -0.2) is 9.78 Å². The molecule has 7 nitrogen and oxygen atoms in total. The molecule has 0 fully saturated rings. The van der Waals surface area contributed by atoms with Crippen molar-refractivity contribution >= 4 is 28.4 Å². The van der Waals surface area contributed by atoms with Crippen LogP contribution in [0.5, 0.6) is 0 Å². The largest absolute Gasteiger partial charge is 0.478 e. The maximum absolute atomic E-state index is 10.8. The van der Waals surface area contributed by atoms with Gasteiger partial charge in [-0.1, -0.05) is 12.1 Å². The van der Waals surface area contributed by atoms with E-state index in [1.807, 2.05) is 30.3 Å². The number of nitrogens with zero attached hydrogens (tertiary/aromatic N) is 3. The summed E-state index contributed by atoms with van der Waals surface area (Å²) in [5, 5.41) is 22.1. The number of aromatic nitrogens is 2. The fourth-order valence-electron chi connectivity index (χ4n) is 2.00. The fourth-order valence-corrected chi connectivity index (χ4v) is 2.00. The highest BCUT2D eigenvalue weighted by atomic mass is 16.4. The molecule has 0 unspecified atom stereocenters. The number of nitriles is 1. The standard InChI is InChI=1S/C16H11N5O2/c17-9-14(15-18-12-3-1-2-4-13(12)19-15)21-20-11-7-5-10(6-8-11)16(22)23/h1-8,20H,(H,18,19)(H,22,23)/b21-14-. The minimum atomic E-state index is -1.000. The molecule has 0 spiro atoms. The van der Waals surface area contributed by atoms with Crippen LogP contribution >= 0.6 is 0 Å². The van der Waals surface area contributed by atoms with Gasteiger partial charge in [0.05, 0.1) is 22.3 Å². The van der Waals surface area contributed by atoms with Crippen LogP contribution in [0, 0.1) is 11.3 Å². The summed E-state index contributed by atoms with van der Waals surface area (Å²) in [4.78, 5) is 18.1. The maximum Gasteiger partial charge on any atom is 0.335 e. The summed E-state index contributed by atoms with van der Waals surface area (Å²) in [6.45, 7) is 0. The van der Waals surface area contributed by atoms with Gasteiger partial charge in [-0.05, 0) is 36.4 Å². The van der Waals surface area contributed by atoms with Crippen molar-refractivity contribution in [2.24, 2.45) is 5.10 Å².